The minimum absolute atomic E-state index is 0.103. The van der Waals surface area contributed by atoms with Crippen LogP contribution >= 0.6 is 0 Å². The van der Waals surface area contributed by atoms with Gasteiger partial charge in [0.2, 0.25) is 0 Å². The maximum absolute atomic E-state index is 8.80. The SMILES string of the molecule is COC1CCCC(OCc2ccccc2C#CCCO)C1. The third-order valence-electron chi connectivity index (χ3n) is 3.86. The molecule has 1 aliphatic carbocycles. The maximum Gasteiger partial charge on any atom is 0.0732 e. The summed E-state index contributed by atoms with van der Waals surface area (Å²) in [6, 6.07) is 8.05. The molecular weight excluding hydrogens is 264 g/mol. The van der Waals surface area contributed by atoms with E-state index in [4.69, 9.17) is 14.6 Å². The molecule has 0 aliphatic heterocycles. The van der Waals surface area contributed by atoms with Crippen molar-refractivity contribution < 1.29 is 14.6 Å². The second-order valence-corrected chi connectivity index (χ2v) is 5.39. The molecule has 1 aliphatic rings. The maximum atomic E-state index is 8.80. The first-order valence-electron chi connectivity index (χ1n) is 7.65. The molecule has 0 heterocycles. The number of aliphatic hydroxyl groups excluding tert-OH is 1. The van der Waals surface area contributed by atoms with E-state index >= 15 is 0 Å². The van der Waals surface area contributed by atoms with E-state index in [0.717, 1.165) is 30.4 Å². The summed E-state index contributed by atoms with van der Waals surface area (Å²) >= 11 is 0. The average Bonchev–Trinajstić information content (AvgIpc) is 2.54. The molecule has 114 valence electrons. The van der Waals surface area contributed by atoms with Crippen LogP contribution in [-0.4, -0.2) is 31.0 Å². The molecular formula is C18H24O3. The monoisotopic (exact) mass is 288 g/mol. The van der Waals surface area contributed by atoms with Crippen molar-refractivity contribution in [2.45, 2.75) is 50.9 Å². The highest BCUT2D eigenvalue weighted by atomic mass is 16.5. The molecule has 0 amide bonds. The molecule has 0 spiro atoms. The lowest BCUT2D eigenvalue weighted by Gasteiger charge is -2.28. The van der Waals surface area contributed by atoms with Gasteiger partial charge in [0.05, 0.1) is 25.4 Å². The summed E-state index contributed by atoms with van der Waals surface area (Å²) in [5.41, 5.74) is 2.10. The van der Waals surface area contributed by atoms with Crippen LogP contribution in [0.15, 0.2) is 24.3 Å². The zero-order chi connectivity index (χ0) is 14.9. The van der Waals surface area contributed by atoms with Gasteiger partial charge in [-0.05, 0) is 37.3 Å². The number of hydrogen-bond donors (Lipinski definition) is 1. The molecule has 3 heteroatoms. The minimum atomic E-state index is 0.103. The lowest BCUT2D eigenvalue weighted by atomic mass is 9.95. The van der Waals surface area contributed by atoms with Crippen LogP contribution in [0.4, 0.5) is 0 Å². The van der Waals surface area contributed by atoms with Crippen LogP contribution < -0.4 is 0 Å². The molecule has 2 unspecified atom stereocenters. The highest BCUT2D eigenvalue weighted by Crippen LogP contribution is 2.24. The van der Waals surface area contributed by atoms with Crippen molar-refractivity contribution in [1.82, 2.24) is 0 Å². The number of methoxy groups -OCH3 is 1. The van der Waals surface area contributed by atoms with E-state index in [1.807, 2.05) is 18.2 Å². The first-order valence-corrected chi connectivity index (χ1v) is 7.65. The third kappa shape index (κ3) is 5.17. The van der Waals surface area contributed by atoms with Crippen LogP contribution in [0.1, 0.15) is 43.2 Å². The molecule has 1 aromatic carbocycles. The van der Waals surface area contributed by atoms with E-state index in [1.54, 1.807) is 7.11 Å². The number of rotatable bonds is 5. The molecule has 2 rings (SSSR count). The van der Waals surface area contributed by atoms with Crippen LogP contribution in [0.5, 0.6) is 0 Å². The Hall–Kier alpha value is -1.34. The highest BCUT2D eigenvalue weighted by molar-refractivity contribution is 5.40. The van der Waals surface area contributed by atoms with Crippen LogP contribution in [0.2, 0.25) is 0 Å². The minimum Gasteiger partial charge on any atom is -0.395 e. The van der Waals surface area contributed by atoms with Gasteiger partial charge < -0.3 is 14.6 Å². The van der Waals surface area contributed by atoms with Crippen molar-refractivity contribution in [1.29, 1.82) is 0 Å². The first-order chi connectivity index (χ1) is 10.3. The quantitative estimate of drug-likeness (QED) is 0.847. The molecule has 1 fully saturated rings. The van der Waals surface area contributed by atoms with Crippen molar-refractivity contribution in [2.24, 2.45) is 0 Å². The molecule has 1 N–H and O–H groups in total. The molecule has 3 nitrogen and oxygen atoms in total. The topological polar surface area (TPSA) is 38.7 Å². The van der Waals surface area contributed by atoms with Gasteiger partial charge in [-0.25, -0.2) is 0 Å². The summed E-state index contributed by atoms with van der Waals surface area (Å²) in [7, 11) is 1.78. The van der Waals surface area contributed by atoms with Crippen LogP contribution in [0, 0.1) is 11.8 Å². The molecule has 0 saturated heterocycles. The Bertz CT molecular complexity index is 487. The van der Waals surface area contributed by atoms with Crippen LogP contribution in [-0.2, 0) is 16.1 Å². The fourth-order valence-electron chi connectivity index (χ4n) is 2.66. The Balaban J connectivity index is 1.92. The second-order valence-electron chi connectivity index (χ2n) is 5.39. The molecule has 21 heavy (non-hydrogen) atoms. The summed E-state index contributed by atoms with van der Waals surface area (Å²) in [5.74, 6) is 6.08. The number of aliphatic hydroxyl groups is 1. The van der Waals surface area contributed by atoms with Crippen LogP contribution in [0.25, 0.3) is 0 Å². The average molecular weight is 288 g/mol. The Kier molecular flexibility index (Phi) is 6.75. The smallest absolute Gasteiger partial charge is 0.0732 e. The highest BCUT2D eigenvalue weighted by Gasteiger charge is 2.22. The largest absolute Gasteiger partial charge is 0.395 e. The zero-order valence-electron chi connectivity index (χ0n) is 12.7. The van der Waals surface area contributed by atoms with E-state index in [1.165, 1.54) is 6.42 Å². The molecule has 0 aromatic heterocycles. The van der Waals surface area contributed by atoms with Gasteiger partial charge in [0.25, 0.3) is 0 Å². The second kappa shape index (κ2) is 8.84. The molecule has 2 atom stereocenters. The normalized spacial score (nSPS) is 21.6. The summed E-state index contributed by atoms with van der Waals surface area (Å²) in [6.45, 7) is 0.692. The van der Waals surface area contributed by atoms with Crippen molar-refractivity contribution in [2.75, 3.05) is 13.7 Å². The van der Waals surface area contributed by atoms with Gasteiger partial charge in [-0.3, -0.25) is 0 Å². The first kappa shape index (κ1) is 16.0. The predicted molar refractivity (Wildman–Crippen MR) is 82.9 cm³/mol. The Morgan fingerprint density at radius 1 is 1.24 bits per heavy atom. The van der Waals surface area contributed by atoms with E-state index in [-0.39, 0.29) is 12.7 Å². The van der Waals surface area contributed by atoms with Crippen LogP contribution in [0.3, 0.4) is 0 Å². The summed E-state index contributed by atoms with van der Waals surface area (Å²) < 4.78 is 11.5. The Labute approximate surface area is 127 Å². The number of hydrogen-bond acceptors (Lipinski definition) is 3. The van der Waals surface area contributed by atoms with Gasteiger partial charge in [0.15, 0.2) is 0 Å². The van der Waals surface area contributed by atoms with E-state index in [9.17, 15) is 0 Å². The molecule has 0 radical (unpaired) electrons. The Morgan fingerprint density at radius 2 is 2.05 bits per heavy atom. The fraction of sp³-hybridized carbons (Fsp3) is 0.556. The van der Waals surface area contributed by atoms with Gasteiger partial charge in [-0.2, -0.15) is 0 Å². The summed E-state index contributed by atoms with van der Waals surface area (Å²) in [6.07, 6.45) is 5.52. The number of ether oxygens (including phenoxy) is 2. The van der Waals surface area contributed by atoms with Crippen molar-refractivity contribution in [3.63, 3.8) is 0 Å². The molecule has 1 saturated carbocycles. The lowest BCUT2D eigenvalue weighted by molar-refractivity contribution is -0.0363. The number of benzene rings is 1. The van der Waals surface area contributed by atoms with Gasteiger partial charge in [-0.1, -0.05) is 30.0 Å². The van der Waals surface area contributed by atoms with Gasteiger partial charge in [-0.15, -0.1) is 0 Å². The molecule has 1 aromatic rings. The standard InChI is InChI=1S/C18H24O3/c1-20-17-10-6-11-18(13-17)21-14-16-9-3-2-7-15(16)8-4-5-12-19/h2-3,7,9,17-19H,5-6,10-14H2,1H3. The Morgan fingerprint density at radius 3 is 2.86 bits per heavy atom. The summed E-state index contributed by atoms with van der Waals surface area (Å²) in [5, 5.41) is 8.80. The predicted octanol–water partition coefficient (Wildman–Crippen LogP) is 2.89. The lowest BCUT2D eigenvalue weighted by Crippen LogP contribution is -2.27. The summed E-state index contributed by atoms with van der Waals surface area (Å²) in [4.78, 5) is 0. The van der Waals surface area contributed by atoms with E-state index in [0.29, 0.717) is 19.1 Å². The van der Waals surface area contributed by atoms with Gasteiger partial charge >= 0.3 is 0 Å². The van der Waals surface area contributed by atoms with Crippen molar-refractivity contribution in [3.05, 3.63) is 35.4 Å². The van der Waals surface area contributed by atoms with E-state index < -0.39 is 0 Å². The van der Waals surface area contributed by atoms with Crippen molar-refractivity contribution >= 4 is 0 Å². The third-order valence-corrected chi connectivity index (χ3v) is 3.86. The van der Waals surface area contributed by atoms with E-state index in [2.05, 4.69) is 17.9 Å². The molecule has 0 bridgehead atoms. The van der Waals surface area contributed by atoms with Gasteiger partial charge in [0, 0.05) is 19.1 Å². The van der Waals surface area contributed by atoms with Gasteiger partial charge in [0.1, 0.15) is 0 Å². The zero-order valence-corrected chi connectivity index (χ0v) is 12.7. The fourth-order valence-corrected chi connectivity index (χ4v) is 2.66. The van der Waals surface area contributed by atoms with Crippen molar-refractivity contribution in [3.8, 4) is 11.8 Å².